The van der Waals surface area contributed by atoms with Crippen molar-refractivity contribution in [3.63, 3.8) is 0 Å². The summed E-state index contributed by atoms with van der Waals surface area (Å²) >= 11 is 0. The highest BCUT2D eigenvalue weighted by Gasteiger charge is 2.26. The summed E-state index contributed by atoms with van der Waals surface area (Å²) in [7, 11) is 2.10. The van der Waals surface area contributed by atoms with E-state index in [0.717, 1.165) is 43.4 Å². The molecule has 2 aromatic heterocycles. The van der Waals surface area contributed by atoms with Crippen LogP contribution in [0.3, 0.4) is 0 Å². The van der Waals surface area contributed by atoms with E-state index in [1.54, 1.807) is 0 Å². The van der Waals surface area contributed by atoms with Crippen LogP contribution in [0.25, 0.3) is 0 Å². The van der Waals surface area contributed by atoms with Crippen molar-refractivity contribution in [2.45, 2.75) is 25.7 Å². The number of pyridine rings is 2. The van der Waals surface area contributed by atoms with Crippen LogP contribution in [0.2, 0.25) is 0 Å². The average molecular weight is 328 g/mol. The third-order valence-electron chi connectivity index (χ3n) is 4.38. The Morgan fingerprint density at radius 2 is 2.04 bits per heavy atom. The second kappa shape index (κ2) is 6.35. The molecule has 1 aliphatic heterocycles. The summed E-state index contributed by atoms with van der Waals surface area (Å²) in [5, 5.41) is 17.1. The molecule has 1 aliphatic carbocycles. The van der Waals surface area contributed by atoms with Gasteiger partial charge in [-0.15, -0.1) is 0 Å². The molecule has 3 heterocycles. The fourth-order valence-corrected chi connectivity index (χ4v) is 3.13. The minimum Gasteiger partial charge on any atom is -0.506 e. The molecule has 126 valence electrons. The van der Waals surface area contributed by atoms with Gasteiger partial charge in [0, 0.05) is 36.7 Å². The topological polar surface area (TPSA) is 113 Å². The molecule has 0 bridgehead atoms. The Morgan fingerprint density at radius 1 is 1.25 bits per heavy atom. The molecule has 4 rings (SSSR count). The van der Waals surface area contributed by atoms with Gasteiger partial charge >= 0.3 is 5.97 Å². The van der Waals surface area contributed by atoms with Gasteiger partial charge in [-0.3, -0.25) is 4.98 Å². The first-order chi connectivity index (χ1) is 11.5. The van der Waals surface area contributed by atoms with Crippen molar-refractivity contribution >= 4 is 17.5 Å². The number of nitrogens with two attached hydrogens (primary N) is 1. The van der Waals surface area contributed by atoms with E-state index >= 15 is 0 Å². The summed E-state index contributed by atoms with van der Waals surface area (Å²) in [6.07, 6.45) is 6.87. The van der Waals surface area contributed by atoms with Crippen molar-refractivity contribution in [3.8, 4) is 5.75 Å². The van der Waals surface area contributed by atoms with Gasteiger partial charge in [0.1, 0.15) is 11.6 Å². The van der Waals surface area contributed by atoms with Crippen LogP contribution in [0, 0.1) is 0 Å². The van der Waals surface area contributed by atoms with E-state index in [1.165, 1.54) is 35.6 Å². The third kappa shape index (κ3) is 2.97. The molecular weight excluding hydrogens is 308 g/mol. The SMILES string of the molecule is CN1CCc2c1nc1c(c2N)CCC1.O=C(O)c1cncc(O)c1. The fraction of sp³-hybridized carbons (Fsp3) is 0.353. The third-order valence-corrected chi connectivity index (χ3v) is 4.38. The van der Waals surface area contributed by atoms with Crippen molar-refractivity contribution in [2.24, 2.45) is 0 Å². The number of carboxylic acid groups (broad SMARTS) is 1. The van der Waals surface area contributed by atoms with Gasteiger partial charge in [-0.2, -0.15) is 0 Å². The van der Waals surface area contributed by atoms with Crippen molar-refractivity contribution in [3.05, 3.63) is 40.8 Å². The molecule has 0 radical (unpaired) electrons. The molecule has 0 atom stereocenters. The lowest BCUT2D eigenvalue weighted by molar-refractivity contribution is 0.0696. The number of anilines is 2. The number of carboxylic acids is 1. The smallest absolute Gasteiger partial charge is 0.337 e. The molecule has 24 heavy (non-hydrogen) atoms. The van der Waals surface area contributed by atoms with Crippen molar-refractivity contribution in [1.29, 1.82) is 0 Å². The van der Waals surface area contributed by atoms with Gasteiger partial charge in [-0.1, -0.05) is 0 Å². The average Bonchev–Trinajstić information content (AvgIpc) is 3.16. The molecule has 0 unspecified atom stereocenters. The monoisotopic (exact) mass is 328 g/mol. The summed E-state index contributed by atoms with van der Waals surface area (Å²) in [6.45, 7) is 1.06. The standard InChI is InChI=1S/C11H15N3.C6H5NO3/c1-14-6-5-8-10(12)7-3-2-4-9(7)13-11(8)14;8-5-1-4(6(9)10)2-7-3-5/h2-6H2,1H3,(H2,12,13);1-3,8H,(H,9,10). The van der Waals surface area contributed by atoms with Crippen LogP contribution in [0.15, 0.2) is 18.5 Å². The molecule has 0 spiro atoms. The molecule has 7 nitrogen and oxygen atoms in total. The molecule has 0 fully saturated rings. The minimum atomic E-state index is -1.09. The maximum Gasteiger partial charge on any atom is 0.337 e. The fourth-order valence-electron chi connectivity index (χ4n) is 3.13. The molecule has 2 aromatic rings. The van der Waals surface area contributed by atoms with E-state index < -0.39 is 5.97 Å². The highest BCUT2D eigenvalue weighted by atomic mass is 16.4. The normalized spacial score (nSPS) is 14.6. The first-order valence-corrected chi connectivity index (χ1v) is 7.86. The number of rotatable bonds is 1. The van der Waals surface area contributed by atoms with E-state index in [2.05, 4.69) is 16.9 Å². The number of aromatic nitrogens is 2. The van der Waals surface area contributed by atoms with Crippen LogP contribution < -0.4 is 10.6 Å². The summed E-state index contributed by atoms with van der Waals surface area (Å²) in [5.41, 5.74) is 11.1. The first kappa shape index (κ1) is 16.0. The Balaban J connectivity index is 0.000000150. The van der Waals surface area contributed by atoms with Gasteiger partial charge in [-0.25, -0.2) is 9.78 Å². The lowest BCUT2D eigenvalue weighted by Gasteiger charge is -2.13. The Kier molecular flexibility index (Phi) is 4.24. The number of hydrogen-bond donors (Lipinski definition) is 3. The second-order valence-corrected chi connectivity index (χ2v) is 6.01. The van der Waals surface area contributed by atoms with Crippen LogP contribution in [0.4, 0.5) is 11.5 Å². The van der Waals surface area contributed by atoms with Gasteiger partial charge in [0.05, 0.1) is 11.8 Å². The lowest BCUT2D eigenvalue weighted by Crippen LogP contribution is -2.14. The van der Waals surface area contributed by atoms with Crippen LogP contribution in [-0.4, -0.2) is 39.7 Å². The highest BCUT2D eigenvalue weighted by molar-refractivity contribution is 5.87. The number of aryl methyl sites for hydroxylation is 1. The van der Waals surface area contributed by atoms with Crippen LogP contribution >= 0.6 is 0 Å². The van der Waals surface area contributed by atoms with Gasteiger partial charge in [-0.05, 0) is 37.3 Å². The van der Waals surface area contributed by atoms with E-state index in [4.69, 9.17) is 20.9 Å². The number of fused-ring (bicyclic) bond motifs is 2. The Bertz CT molecular complexity index is 792. The lowest BCUT2D eigenvalue weighted by atomic mass is 10.1. The molecule has 0 amide bonds. The Hall–Kier alpha value is -2.83. The molecule has 4 N–H and O–H groups in total. The van der Waals surface area contributed by atoms with Gasteiger partial charge in [0.25, 0.3) is 0 Å². The number of hydrogen-bond acceptors (Lipinski definition) is 6. The minimum absolute atomic E-state index is 0.0139. The molecule has 0 saturated heterocycles. The van der Waals surface area contributed by atoms with E-state index in [-0.39, 0.29) is 11.3 Å². The summed E-state index contributed by atoms with van der Waals surface area (Å²) in [6, 6.07) is 1.13. The van der Waals surface area contributed by atoms with E-state index in [1.807, 2.05) is 0 Å². The predicted molar refractivity (Wildman–Crippen MR) is 90.5 cm³/mol. The van der Waals surface area contributed by atoms with Crippen molar-refractivity contribution < 1.29 is 15.0 Å². The zero-order chi connectivity index (χ0) is 17.3. The van der Waals surface area contributed by atoms with E-state index in [9.17, 15) is 4.79 Å². The number of aromatic hydroxyl groups is 1. The largest absolute Gasteiger partial charge is 0.506 e. The van der Waals surface area contributed by atoms with Crippen LogP contribution in [0.1, 0.15) is 33.6 Å². The molecule has 0 saturated carbocycles. The maximum absolute atomic E-state index is 10.2. The predicted octanol–water partition coefficient (Wildman–Crippen LogP) is 1.63. The quantitative estimate of drug-likeness (QED) is 0.729. The zero-order valence-electron chi connectivity index (χ0n) is 13.5. The zero-order valence-corrected chi connectivity index (χ0v) is 13.5. The van der Waals surface area contributed by atoms with Gasteiger partial charge in [0.15, 0.2) is 0 Å². The van der Waals surface area contributed by atoms with Crippen molar-refractivity contribution in [2.75, 3.05) is 24.2 Å². The molecule has 7 heteroatoms. The number of nitrogens with zero attached hydrogens (tertiary/aromatic N) is 3. The van der Waals surface area contributed by atoms with Crippen molar-refractivity contribution in [1.82, 2.24) is 9.97 Å². The molecular formula is C17H20N4O3. The van der Waals surface area contributed by atoms with E-state index in [0.29, 0.717) is 0 Å². The summed E-state index contributed by atoms with van der Waals surface area (Å²) in [5.74, 6) is -0.105. The van der Waals surface area contributed by atoms with Gasteiger partial charge < -0.3 is 20.8 Å². The number of carbonyl (C=O) groups is 1. The molecule has 0 aromatic carbocycles. The summed E-state index contributed by atoms with van der Waals surface area (Å²) in [4.78, 5) is 20.6. The van der Waals surface area contributed by atoms with Crippen LogP contribution in [0.5, 0.6) is 5.75 Å². The second-order valence-electron chi connectivity index (χ2n) is 6.01. The maximum atomic E-state index is 10.2. The first-order valence-electron chi connectivity index (χ1n) is 7.86. The summed E-state index contributed by atoms with van der Waals surface area (Å²) < 4.78 is 0. The Morgan fingerprint density at radius 3 is 2.71 bits per heavy atom. The molecule has 2 aliphatic rings. The highest BCUT2D eigenvalue weighted by Crippen LogP contribution is 2.36. The van der Waals surface area contributed by atoms with Crippen LogP contribution in [-0.2, 0) is 19.3 Å². The number of aromatic carboxylic acids is 1. The van der Waals surface area contributed by atoms with Gasteiger partial charge in [0.2, 0.25) is 0 Å². The number of likely N-dealkylation sites (N-methyl/N-ethyl adjacent to an activating group) is 1. The Labute approximate surface area is 139 Å². The number of nitrogen functional groups attached to an aromatic ring is 1.